The maximum absolute atomic E-state index is 14.5. The number of carbonyl (C=O) groups is 6. The lowest BCUT2D eigenvalue weighted by Crippen LogP contribution is -2.35. The number of esters is 1. The second-order valence-electron chi connectivity index (χ2n) is 15.7. The number of carboxylic acids is 1. The van der Waals surface area contributed by atoms with Crippen molar-refractivity contribution in [2.24, 2.45) is 5.73 Å². The Morgan fingerprint density at radius 1 is 0.986 bits per heavy atom. The van der Waals surface area contributed by atoms with Crippen LogP contribution in [0, 0.1) is 5.82 Å². The average molecular weight is 1080 g/mol. The number of carbonyl (C=O) groups excluding carboxylic acids is 5. The molecule has 4 N–H and O–H groups in total. The molecule has 1 heterocycles. The number of aryl methyl sites for hydroxylation is 2. The summed E-state index contributed by atoms with van der Waals surface area (Å²) in [5, 5.41) is 8.21. The minimum atomic E-state index is -3.10. The zero-order valence-corrected chi connectivity index (χ0v) is 44.3. The molecule has 70 heavy (non-hydrogen) atoms. The molecule has 0 saturated carbocycles. The molecule has 4 rings (SSSR count). The Bertz CT molecular complexity index is 2130. The fraction of sp³-hybridized carbons (Fsp3) is 0.500. The van der Waals surface area contributed by atoms with Gasteiger partial charge in [-0.25, -0.2) is 14.1 Å². The number of methoxy groups -OCH3 is 1. The summed E-state index contributed by atoms with van der Waals surface area (Å²) in [4.78, 5) is 82.1. The highest BCUT2D eigenvalue weighted by molar-refractivity contribution is 7.57. The molecule has 22 heteroatoms. The number of halogens is 5. The smallest absolute Gasteiger partial charge is 0.344 e. The Morgan fingerprint density at radius 3 is 1.99 bits per heavy atom. The molecule has 0 spiro atoms. The highest BCUT2D eigenvalue weighted by Gasteiger charge is 2.41. The van der Waals surface area contributed by atoms with E-state index in [9.17, 15) is 37.7 Å². The number of aliphatic carboxylic acids is 1. The van der Waals surface area contributed by atoms with Crippen LogP contribution in [0.2, 0.25) is 5.02 Å². The van der Waals surface area contributed by atoms with Crippen LogP contribution in [0.15, 0.2) is 66.8 Å². The van der Waals surface area contributed by atoms with Crippen LogP contribution in [0.3, 0.4) is 0 Å². The molecular formula is C48H66Cl4FN4O12P. The van der Waals surface area contributed by atoms with E-state index in [4.69, 9.17) is 76.3 Å². The molecule has 2 unspecified atom stereocenters. The third-order valence-corrected chi connectivity index (χ3v) is 12.3. The number of hydrogen-bond acceptors (Lipinski definition) is 11. The summed E-state index contributed by atoms with van der Waals surface area (Å²) in [6.07, 6.45) is 10.4. The van der Waals surface area contributed by atoms with Gasteiger partial charge in [-0.05, 0) is 68.6 Å². The average Bonchev–Trinajstić information content (AvgIpc) is 3.58. The molecule has 0 aromatic heterocycles. The maximum atomic E-state index is 14.5. The van der Waals surface area contributed by atoms with E-state index in [0.717, 1.165) is 72.7 Å². The zero-order valence-electron chi connectivity index (χ0n) is 40.4. The van der Waals surface area contributed by atoms with Crippen LogP contribution < -0.4 is 20.3 Å². The first-order chi connectivity index (χ1) is 33.1. The van der Waals surface area contributed by atoms with Crippen LogP contribution in [0.25, 0.3) is 0 Å². The molecule has 2 aromatic rings. The van der Waals surface area contributed by atoms with E-state index in [2.05, 4.69) is 27.0 Å². The van der Waals surface area contributed by atoms with Crippen molar-refractivity contribution in [1.29, 1.82) is 0 Å². The monoisotopic (exact) mass is 1080 g/mol. The summed E-state index contributed by atoms with van der Waals surface area (Å²) in [6, 6.07) is 7.22. The summed E-state index contributed by atoms with van der Waals surface area (Å²) in [5.41, 5.74) is 9.01. The second-order valence-corrected chi connectivity index (χ2v) is 20.0. The molecule has 2 aliphatic rings. The van der Waals surface area contributed by atoms with Gasteiger partial charge in [0, 0.05) is 50.2 Å². The van der Waals surface area contributed by atoms with E-state index in [1.165, 1.54) is 17.6 Å². The van der Waals surface area contributed by atoms with E-state index >= 15 is 0 Å². The maximum Gasteiger partial charge on any atom is 0.344 e. The van der Waals surface area contributed by atoms with Gasteiger partial charge in [0.15, 0.2) is 18.8 Å². The highest BCUT2D eigenvalue weighted by Crippen LogP contribution is 2.40. The van der Waals surface area contributed by atoms with Crippen molar-refractivity contribution in [3.05, 3.63) is 88.8 Å². The highest BCUT2D eigenvalue weighted by atomic mass is 35.5. The predicted molar refractivity (Wildman–Crippen MR) is 274 cm³/mol. The van der Waals surface area contributed by atoms with Gasteiger partial charge in [0.25, 0.3) is 17.7 Å². The largest absolute Gasteiger partial charge is 0.480 e. The van der Waals surface area contributed by atoms with Crippen molar-refractivity contribution in [3.63, 3.8) is 0 Å². The number of para-hydroxylation sites is 1. The van der Waals surface area contributed by atoms with Crippen molar-refractivity contribution >= 4 is 101 Å². The molecule has 2 aromatic carbocycles. The Morgan fingerprint density at radius 2 is 1.54 bits per heavy atom. The molecular weight excluding hydrogens is 1020 g/mol. The molecule has 0 fully saturated rings. The van der Waals surface area contributed by atoms with Crippen molar-refractivity contribution < 1.29 is 61.9 Å². The quantitative estimate of drug-likeness (QED) is 0.0180. The molecule has 2 atom stereocenters. The van der Waals surface area contributed by atoms with Crippen LogP contribution in [-0.2, 0) is 55.6 Å². The lowest BCUT2D eigenvalue weighted by Gasteiger charge is -2.26. The van der Waals surface area contributed by atoms with Gasteiger partial charge < -0.3 is 34.8 Å². The summed E-state index contributed by atoms with van der Waals surface area (Å²) in [6.45, 7) is 15.4. The van der Waals surface area contributed by atoms with Crippen molar-refractivity contribution in [2.75, 3.05) is 68.7 Å². The topological polar surface area (TPSA) is 223 Å². The van der Waals surface area contributed by atoms with Gasteiger partial charge >= 0.3 is 11.9 Å². The number of anilines is 2. The van der Waals surface area contributed by atoms with Gasteiger partial charge in [-0.1, -0.05) is 98.8 Å². The van der Waals surface area contributed by atoms with Gasteiger partial charge in [-0.15, -0.1) is 24.8 Å². The number of imide groups is 1. The van der Waals surface area contributed by atoms with Gasteiger partial charge in [0.2, 0.25) is 5.91 Å². The summed E-state index contributed by atoms with van der Waals surface area (Å²) >= 11 is 22.5. The number of nitrogens with two attached hydrogens (primary N) is 1. The number of rotatable bonds is 23. The predicted octanol–water partition coefficient (Wildman–Crippen LogP) is 9.00. The van der Waals surface area contributed by atoms with Crippen LogP contribution in [0.5, 0.6) is 5.75 Å². The fourth-order valence-electron chi connectivity index (χ4n) is 6.71. The Hall–Kier alpha value is -4.32. The van der Waals surface area contributed by atoms with Crippen LogP contribution >= 0.6 is 53.8 Å². The standard InChI is InChI=1S/C21H23ClFNO5.C14H20ClNO2.C8H11Cl2NO.C5H12NO4P/c1-2-3-6-9-28-19(25)12-29-18-11-17(16(23)10-15(18)22)24-20(26)13-7-4-5-8-14(13)21(24)27;1-4-11-7-6-8-12(5-2)14(11)16(10-18-3)13(17)9-15;1-3-5-11(6-4-2)8(12)7(9)10;1-11(9,10)3-2-4(6)5(7)8/h10-11H,2-9,12H2,1H3;6-8H,4-5,9-10H2,1-3H3;3-4,7H,1-2,5-6H2;4H,2-3,6H2,1H3,(H,7,8)(H,9,10). The van der Waals surface area contributed by atoms with Crippen molar-refractivity contribution in [1.82, 2.24) is 4.90 Å². The molecule has 0 bridgehead atoms. The Kier molecular flexibility index (Phi) is 30.3. The fourth-order valence-corrected chi connectivity index (χ4v) is 8.09. The van der Waals surface area contributed by atoms with E-state index < -0.39 is 54.4 Å². The molecule has 16 nitrogen and oxygen atoms in total. The zero-order chi connectivity index (χ0) is 53.1. The number of hydrogen-bond donors (Lipinski definition) is 3. The normalized spacial score (nSPS) is 14.0. The van der Waals surface area contributed by atoms with Gasteiger partial charge in [-0.3, -0.25) is 33.4 Å². The van der Waals surface area contributed by atoms with Gasteiger partial charge in [0.1, 0.15) is 30.2 Å². The molecule has 0 radical (unpaired) electrons. The second kappa shape index (κ2) is 33.4. The molecule has 390 valence electrons. The third kappa shape index (κ3) is 21.2. The van der Waals surface area contributed by atoms with E-state index in [0.29, 0.717) is 43.7 Å². The lowest BCUT2D eigenvalue weighted by molar-refractivity contribution is -0.146. The molecule has 0 saturated heterocycles. The first-order valence-corrected chi connectivity index (χ1v) is 26.6. The lowest BCUT2D eigenvalue weighted by atomic mass is 9.93. The minimum absolute atomic E-state index is 0.000883. The van der Waals surface area contributed by atoms with Crippen molar-refractivity contribution in [3.8, 4) is 5.75 Å². The van der Waals surface area contributed by atoms with Crippen LogP contribution in [0.1, 0.15) is 83.3 Å². The number of unbranched alkanes of at least 4 members (excludes halogenated alkanes) is 2. The van der Waals surface area contributed by atoms with Crippen LogP contribution in [-0.4, -0.2) is 120 Å². The SMILES string of the molecule is C=CCN(CC=C)C(=O)C(Cl)Cl.CCCCCOC(=O)COc1cc(N2C(=O)C3=C(CCCC3)C2=O)c(F)cc1Cl.CCc1cccc(CC)c1N(COC)C(=O)CCl.CP(=O)(O)CCC(N)C(=O)O. The number of carboxylic acid groups (broad SMARTS) is 1. The number of benzene rings is 2. The minimum Gasteiger partial charge on any atom is -0.480 e. The number of nitrogens with zero attached hydrogens (tertiary/aromatic N) is 3. The third-order valence-electron chi connectivity index (χ3n) is 10.3. The number of ether oxygens (including phenoxy) is 3. The Balaban J connectivity index is 0.000000511. The molecule has 4 amide bonds. The first-order valence-electron chi connectivity index (χ1n) is 22.5. The van der Waals surface area contributed by atoms with Crippen molar-refractivity contribution in [2.45, 2.75) is 95.9 Å². The first kappa shape index (κ1) is 63.7. The Labute approximate surface area is 430 Å². The van der Waals surface area contributed by atoms with Crippen LogP contribution in [0.4, 0.5) is 15.8 Å². The summed E-state index contributed by atoms with van der Waals surface area (Å²) in [5.74, 6) is -4.03. The van der Waals surface area contributed by atoms with E-state index in [-0.39, 0.29) is 53.5 Å². The summed E-state index contributed by atoms with van der Waals surface area (Å²) in [7, 11) is -1.52. The van der Waals surface area contributed by atoms with E-state index in [1.54, 1.807) is 24.2 Å². The van der Waals surface area contributed by atoms with Gasteiger partial charge in [-0.2, -0.15) is 0 Å². The number of amides is 4. The molecule has 1 aliphatic heterocycles. The van der Waals surface area contributed by atoms with E-state index in [1.807, 2.05) is 25.1 Å². The number of alkyl halides is 3. The summed E-state index contributed by atoms with van der Waals surface area (Å²) < 4.78 is 40.7. The van der Waals surface area contributed by atoms with Gasteiger partial charge in [0.05, 0.1) is 23.0 Å². The molecule has 1 aliphatic carbocycles.